The molecule has 2 N–H and O–H groups in total. The molecule has 1 aromatic heterocycles. The zero-order chi connectivity index (χ0) is 32.1. The lowest BCUT2D eigenvalue weighted by Crippen LogP contribution is -2.63. The SMILES string of the molecule is COc1cccc2cncc(C(C#N)NC(=O)C3C4C5CC(CC5F)C4CN3C(=O)C(NC(=O)C(F)(F)F)C(C)(C)OC)c12. The summed E-state index contributed by atoms with van der Waals surface area (Å²) in [5.41, 5.74) is -1.28. The Bertz CT molecular complexity index is 1510. The minimum absolute atomic E-state index is 0.0193. The van der Waals surface area contributed by atoms with Gasteiger partial charge in [-0.1, -0.05) is 12.1 Å². The number of alkyl halides is 4. The van der Waals surface area contributed by atoms with Crippen molar-refractivity contribution in [2.24, 2.45) is 23.7 Å². The molecule has 2 heterocycles. The maximum atomic E-state index is 15.1. The van der Waals surface area contributed by atoms with Crippen LogP contribution < -0.4 is 15.4 Å². The maximum absolute atomic E-state index is 15.1. The molecule has 2 bridgehead atoms. The molecule has 8 unspecified atom stereocenters. The Kier molecular flexibility index (Phi) is 8.22. The molecule has 2 aromatic rings. The number of hydrogen-bond donors (Lipinski definition) is 2. The molecule has 0 radical (unpaired) electrons. The van der Waals surface area contributed by atoms with Gasteiger partial charge < -0.3 is 25.0 Å². The van der Waals surface area contributed by atoms with Crippen molar-refractivity contribution in [1.82, 2.24) is 20.5 Å². The third kappa shape index (κ3) is 5.31. The highest BCUT2D eigenvalue weighted by Crippen LogP contribution is 2.58. The van der Waals surface area contributed by atoms with E-state index in [9.17, 15) is 32.8 Å². The Labute approximate surface area is 251 Å². The third-order valence-electron chi connectivity index (χ3n) is 9.54. The Morgan fingerprint density at radius 2 is 1.84 bits per heavy atom. The van der Waals surface area contributed by atoms with Gasteiger partial charge in [-0.2, -0.15) is 18.4 Å². The first-order chi connectivity index (χ1) is 20.7. The Morgan fingerprint density at radius 3 is 2.48 bits per heavy atom. The Hall–Kier alpha value is -3.99. The molecule has 10 nitrogen and oxygen atoms in total. The van der Waals surface area contributed by atoms with Crippen molar-refractivity contribution in [2.75, 3.05) is 20.8 Å². The molecule has 44 heavy (non-hydrogen) atoms. The number of methoxy groups -OCH3 is 2. The number of likely N-dealkylation sites (tertiary alicyclic amines) is 1. The number of fused-ring (bicyclic) bond motifs is 6. The van der Waals surface area contributed by atoms with Gasteiger partial charge in [0.05, 0.1) is 18.8 Å². The van der Waals surface area contributed by atoms with Crippen molar-refractivity contribution in [2.45, 2.75) is 62.8 Å². The second kappa shape index (κ2) is 11.5. The van der Waals surface area contributed by atoms with Crippen LogP contribution in [0.1, 0.15) is 38.3 Å². The van der Waals surface area contributed by atoms with E-state index in [2.05, 4.69) is 16.4 Å². The predicted molar refractivity (Wildman–Crippen MR) is 147 cm³/mol. The number of halogens is 4. The molecule has 236 valence electrons. The molecule has 3 amide bonds. The molecule has 8 atom stereocenters. The zero-order valence-corrected chi connectivity index (χ0v) is 24.5. The van der Waals surface area contributed by atoms with Gasteiger partial charge in [0.15, 0.2) is 0 Å². The lowest BCUT2D eigenvalue weighted by atomic mass is 9.77. The highest BCUT2D eigenvalue weighted by atomic mass is 19.4. The molecular formula is C30H33F4N5O5. The number of pyridine rings is 1. The van der Waals surface area contributed by atoms with Crippen molar-refractivity contribution < 1.29 is 41.4 Å². The number of nitrogens with one attached hydrogen (secondary N) is 2. The summed E-state index contributed by atoms with van der Waals surface area (Å²) in [4.78, 5) is 45.5. The summed E-state index contributed by atoms with van der Waals surface area (Å²) in [7, 11) is 2.64. The predicted octanol–water partition coefficient (Wildman–Crippen LogP) is 3.22. The van der Waals surface area contributed by atoms with Crippen LogP contribution in [0.4, 0.5) is 17.6 Å². The van der Waals surface area contributed by atoms with E-state index in [1.165, 1.54) is 34.3 Å². The van der Waals surface area contributed by atoms with E-state index in [0.29, 0.717) is 28.5 Å². The fourth-order valence-electron chi connectivity index (χ4n) is 7.32. The lowest BCUT2D eigenvalue weighted by molar-refractivity contribution is -0.178. The maximum Gasteiger partial charge on any atom is 0.471 e. The van der Waals surface area contributed by atoms with Crippen LogP contribution in [0.3, 0.4) is 0 Å². The van der Waals surface area contributed by atoms with Crippen molar-refractivity contribution in [3.8, 4) is 11.8 Å². The molecule has 3 aliphatic rings. The smallest absolute Gasteiger partial charge is 0.471 e. The Balaban J connectivity index is 1.52. The molecule has 1 aliphatic heterocycles. The van der Waals surface area contributed by atoms with E-state index >= 15 is 4.39 Å². The molecule has 0 spiro atoms. The standard InChI is InChI=1S/C30H33F4N5O5/c1-29(2,44-4)25(38-28(42)30(32,33)34)27(41)39-13-18-15-8-16(19(31)9-15)23(18)24(39)26(40)37-20(10-35)17-12-36-11-14-6-5-7-21(43-3)22(14)17/h5-7,11-12,15-16,18-20,23-25H,8-9,13H2,1-4H3,(H,37,40)(H,38,42). The number of carbonyl (C=O) groups excluding carboxylic acids is 3. The molecule has 2 saturated carbocycles. The van der Waals surface area contributed by atoms with E-state index in [1.807, 2.05) is 0 Å². The molecule has 3 fully saturated rings. The van der Waals surface area contributed by atoms with Crippen molar-refractivity contribution in [3.63, 3.8) is 0 Å². The quantitative estimate of drug-likeness (QED) is 0.434. The summed E-state index contributed by atoms with van der Waals surface area (Å²) in [6.45, 7) is 2.66. The van der Waals surface area contributed by atoms with Crippen LogP contribution in [0.15, 0.2) is 30.6 Å². The Morgan fingerprint density at radius 1 is 1.11 bits per heavy atom. The number of aromatic nitrogens is 1. The van der Waals surface area contributed by atoms with E-state index in [0.717, 1.165) is 4.90 Å². The fraction of sp³-hybridized carbons (Fsp3) is 0.567. The van der Waals surface area contributed by atoms with Gasteiger partial charge >= 0.3 is 12.1 Å². The first-order valence-corrected chi connectivity index (χ1v) is 14.2. The van der Waals surface area contributed by atoms with Crippen LogP contribution in [0, 0.1) is 35.0 Å². The van der Waals surface area contributed by atoms with Crippen LogP contribution in [0.25, 0.3) is 10.8 Å². The first kappa shape index (κ1) is 31.4. The highest BCUT2D eigenvalue weighted by molar-refractivity contribution is 5.96. The summed E-state index contributed by atoms with van der Waals surface area (Å²) in [5, 5.41) is 15.8. The van der Waals surface area contributed by atoms with E-state index in [1.54, 1.807) is 29.7 Å². The van der Waals surface area contributed by atoms with E-state index in [-0.39, 0.29) is 24.8 Å². The minimum Gasteiger partial charge on any atom is -0.496 e. The molecule has 1 aromatic carbocycles. The molecule has 1 saturated heterocycles. The van der Waals surface area contributed by atoms with Gasteiger partial charge in [0.25, 0.3) is 0 Å². The summed E-state index contributed by atoms with van der Waals surface area (Å²) >= 11 is 0. The normalized spacial score (nSPS) is 27.4. The van der Waals surface area contributed by atoms with Crippen molar-refractivity contribution in [1.29, 1.82) is 5.26 Å². The summed E-state index contributed by atoms with van der Waals surface area (Å²) in [6, 6.07) is 2.85. The zero-order valence-electron chi connectivity index (χ0n) is 24.5. The number of rotatable bonds is 8. The summed E-state index contributed by atoms with van der Waals surface area (Å²) in [6.07, 6.45) is -2.72. The van der Waals surface area contributed by atoms with Gasteiger partial charge in [-0.05, 0) is 56.4 Å². The highest BCUT2D eigenvalue weighted by Gasteiger charge is 2.63. The summed E-state index contributed by atoms with van der Waals surface area (Å²) < 4.78 is 65.7. The van der Waals surface area contributed by atoms with E-state index < -0.39 is 65.6 Å². The van der Waals surface area contributed by atoms with Crippen LogP contribution in [0.2, 0.25) is 0 Å². The van der Waals surface area contributed by atoms with Gasteiger partial charge in [0.1, 0.15) is 30.0 Å². The van der Waals surface area contributed by atoms with Gasteiger partial charge in [-0.3, -0.25) is 19.4 Å². The van der Waals surface area contributed by atoms with Gasteiger partial charge in [-0.15, -0.1) is 0 Å². The second-order valence-corrected chi connectivity index (χ2v) is 12.2. The minimum atomic E-state index is -5.28. The van der Waals surface area contributed by atoms with Crippen LogP contribution in [0.5, 0.6) is 5.75 Å². The van der Waals surface area contributed by atoms with Crippen molar-refractivity contribution >= 4 is 28.5 Å². The first-order valence-electron chi connectivity index (χ1n) is 14.2. The van der Waals surface area contributed by atoms with Gasteiger partial charge in [0, 0.05) is 42.4 Å². The number of hydrogen-bond acceptors (Lipinski definition) is 7. The number of carbonyl (C=O) groups is 3. The molecule has 2 aliphatic carbocycles. The van der Waals surface area contributed by atoms with Gasteiger partial charge in [-0.25, -0.2) is 4.39 Å². The van der Waals surface area contributed by atoms with E-state index in [4.69, 9.17) is 9.47 Å². The summed E-state index contributed by atoms with van der Waals surface area (Å²) in [5.74, 6) is -5.21. The molecular weight excluding hydrogens is 586 g/mol. The number of ether oxygens (including phenoxy) is 2. The monoisotopic (exact) mass is 619 g/mol. The van der Waals surface area contributed by atoms with Crippen LogP contribution >= 0.6 is 0 Å². The largest absolute Gasteiger partial charge is 0.496 e. The van der Waals surface area contributed by atoms with Crippen LogP contribution in [-0.4, -0.2) is 78.4 Å². The second-order valence-electron chi connectivity index (χ2n) is 12.2. The fourth-order valence-corrected chi connectivity index (χ4v) is 7.32. The van der Waals surface area contributed by atoms with Gasteiger partial charge in [0.2, 0.25) is 11.8 Å². The molecule has 5 rings (SSSR count). The topological polar surface area (TPSA) is 134 Å². The average Bonchev–Trinajstić information content (AvgIpc) is 3.67. The lowest BCUT2D eigenvalue weighted by Gasteiger charge is -2.38. The van der Waals surface area contributed by atoms with Crippen molar-refractivity contribution in [3.05, 3.63) is 36.2 Å². The third-order valence-corrected chi connectivity index (χ3v) is 9.54. The average molecular weight is 620 g/mol. The number of amides is 3. The van der Waals surface area contributed by atoms with Crippen LogP contribution in [-0.2, 0) is 19.1 Å². The number of nitrogens with zero attached hydrogens (tertiary/aromatic N) is 3. The molecule has 14 heteroatoms. The number of nitriles is 1. The number of benzene rings is 1.